The molecule has 1 atom stereocenters. The van der Waals surface area contributed by atoms with Crippen LogP contribution in [0.4, 0.5) is 0 Å². The molecule has 0 aromatic rings. The van der Waals surface area contributed by atoms with Gasteiger partial charge in [0, 0.05) is 0 Å². The second-order valence-corrected chi connectivity index (χ2v) is 3.01. The quantitative estimate of drug-likeness (QED) is 0.589. The van der Waals surface area contributed by atoms with E-state index >= 15 is 0 Å². The SMILES string of the molecule is CNCCC1C=CCCC1. The first-order chi connectivity index (χ1) is 4.93. The largest absolute Gasteiger partial charge is 0.320 e. The summed E-state index contributed by atoms with van der Waals surface area (Å²) in [7, 11) is 2.02. The summed E-state index contributed by atoms with van der Waals surface area (Å²) in [6, 6.07) is 0. The monoisotopic (exact) mass is 139 g/mol. The van der Waals surface area contributed by atoms with Gasteiger partial charge >= 0.3 is 0 Å². The first-order valence-electron chi connectivity index (χ1n) is 4.24. The van der Waals surface area contributed by atoms with Gasteiger partial charge in [-0.05, 0) is 45.2 Å². The molecule has 1 aliphatic rings. The Morgan fingerprint density at radius 1 is 1.60 bits per heavy atom. The van der Waals surface area contributed by atoms with Crippen molar-refractivity contribution in [3.05, 3.63) is 12.2 Å². The zero-order valence-electron chi connectivity index (χ0n) is 6.77. The van der Waals surface area contributed by atoms with Crippen LogP contribution < -0.4 is 5.32 Å². The molecule has 1 nitrogen and oxygen atoms in total. The minimum Gasteiger partial charge on any atom is -0.320 e. The Labute approximate surface area is 63.5 Å². The van der Waals surface area contributed by atoms with E-state index in [4.69, 9.17) is 0 Å². The van der Waals surface area contributed by atoms with Crippen molar-refractivity contribution in [2.45, 2.75) is 25.7 Å². The van der Waals surface area contributed by atoms with E-state index in [0.29, 0.717) is 0 Å². The maximum Gasteiger partial charge on any atom is -0.00463 e. The van der Waals surface area contributed by atoms with Gasteiger partial charge in [-0.2, -0.15) is 0 Å². The average molecular weight is 139 g/mol. The Hall–Kier alpha value is -0.300. The van der Waals surface area contributed by atoms with Crippen molar-refractivity contribution < 1.29 is 0 Å². The normalized spacial score (nSPS) is 25.1. The fourth-order valence-corrected chi connectivity index (χ4v) is 1.45. The molecule has 1 heteroatoms. The zero-order valence-corrected chi connectivity index (χ0v) is 6.77. The van der Waals surface area contributed by atoms with Gasteiger partial charge in [-0.15, -0.1) is 0 Å². The molecule has 0 heterocycles. The minimum absolute atomic E-state index is 0.862. The standard InChI is InChI=1S/C9H17N/c1-10-8-7-9-5-3-2-4-6-9/h3,5,9-10H,2,4,6-8H2,1H3. The highest BCUT2D eigenvalue weighted by Gasteiger charge is 2.06. The molecular formula is C9H17N. The molecule has 58 valence electrons. The van der Waals surface area contributed by atoms with Gasteiger partial charge < -0.3 is 5.32 Å². The molecule has 1 rings (SSSR count). The molecule has 0 fully saturated rings. The highest BCUT2D eigenvalue weighted by atomic mass is 14.8. The van der Waals surface area contributed by atoms with Crippen LogP contribution in [0, 0.1) is 5.92 Å². The van der Waals surface area contributed by atoms with Gasteiger partial charge in [-0.25, -0.2) is 0 Å². The molecule has 1 N–H and O–H groups in total. The summed E-state index contributed by atoms with van der Waals surface area (Å²) < 4.78 is 0. The molecule has 0 bridgehead atoms. The van der Waals surface area contributed by atoms with Crippen LogP contribution in [-0.4, -0.2) is 13.6 Å². The van der Waals surface area contributed by atoms with Crippen molar-refractivity contribution in [3.8, 4) is 0 Å². The summed E-state index contributed by atoms with van der Waals surface area (Å²) in [4.78, 5) is 0. The third kappa shape index (κ3) is 2.53. The average Bonchev–Trinajstić information content (AvgIpc) is 2.03. The molecule has 0 saturated heterocycles. The van der Waals surface area contributed by atoms with Gasteiger partial charge in [0.1, 0.15) is 0 Å². The van der Waals surface area contributed by atoms with E-state index < -0.39 is 0 Å². The first-order valence-corrected chi connectivity index (χ1v) is 4.24. The van der Waals surface area contributed by atoms with Crippen LogP contribution in [0.1, 0.15) is 25.7 Å². The van der Waals surface area contributed by atoms with Crippen LogP contribution in [0.5, 0.6) is 0 Å². The van der Waals surface area contributed by atoms with E-state index in [0.717, 1.165) is 12.5 Å². The van der Waals surface area contributed by atoms with Crippen LogP contribution in [0.15, 0.2) is 12.2 Å². The maximum absolute atomic E-state index is 3.18. The smallest absolute Gasteiger partial charge is 0.00463 e. The Morgan fingerprint density at radius 2 is 2.50 bits per heavy atom. The highest BCUT2D eigenvalue weighted by Crippen LogP contribution is 2.19. The van der Waals surface area contributed by atoms with E-state index in [2.05, 4.69) is 17.5 Å². The van der Waals surface area contributed by atoms with Gasteiger partial charge in [-0.1, -0.05) is 12.2 Å². The van der Waals surface area contributed by atoms with Crippen LogP contribution in [-0.2, 0) is 0 Å². The summed E-state index contributed by atoms with van der Waals surface area (Å²) in [6.07, 6.45) is 10.1. The molecule has 0 aromatic carbocycles. The fraction of sp³-hybridized carbons (Fsp3) is 0.778. The number of rotatable bonds is 3. The van der Waals surface area contributed by atoms with Gasteiger partial charge in [0.2, 0.25) is 0 Å². The number of hydrogen-bond acceptors (Lipinski definition) is 1. The molecule has 10 heavy (non-hydrogen) atoms. The van der Waals surface area contributed by atoms with Crippen LogP contribution in [0.2, 0.25) is 0 Å². The highest BCUT2D eigenvalue weighted by molar-refractivity contribution is 4.92. The van der Waals surface area contributed by atoms with E-state index in [9.17, 15) is 0 Å². The third-order valence-corrected chi connectivity index (χ3v) is 2.12. The van der Waals surface area contributed by atoms with Gasteiger partial charge in [0.05, 0.1) is 0 Å². The lowest BCUT2D eigenvalue weighted by atomic mass is 9.93. The molecule has 1 aliphatic carbocycles. The van der Waals surface area contributed by atoms with E-state index in [-0.39, 0.29) is 0 Å². The Kier molecular flexibility index (Phi) is 3.52. The number of allylic oxidation sites excluding steroid dienone is 2. The number of hydrogen-bond donors (Lipinski definition) is 1. The lowest BCUT2D eigenvalue weighted by Crippen LogP contribution is -2.12. The van der Waals surface area contributed by atoms with Crippen molar-refractivity contribution in [2.75, 3.05) is 13.6 Å². The summed E-state index contributed by atoms with van der Waals surface area (Å²) in [5.41, 5.74) is 0. The number of nitrogens with one attached hydrogen (secondary N) is 1. The van der Waals surface area contributed by atoms with Crippen molar-refractivity contribution >= 4 is 0 Å². The fourth-order valence-electron chi connectivity index (χ4n) is 1.45. The van der Waals surface area contributed by atoms with E-state index in [1.165, 1.54) is 25.7 Å². The topological polar surface area (TPSA) is 12.0 Å². The molecule has 0 saturated carbocycles. The lowest BCUT2D eigenvalue weighted by molar-refractivity contribution is 0.495. The summed E-state index contributed by atoms with van der Waals surface area (Å²) in [6.45, 7) is 1.16. The van der Waals surface area contributed by atoms with Crippen LogP contribution in [0.3, 0.4) is 0 Å². The molecule has 0 spiro atoms. The molecule has 0 amide bonds. The van der Waals surface area contributed by atoms with Crippen molar-refractivity contribution in [1.82, 2.24) is 5.32 Å². The van der Waals surface area contributed by atoms with Crippen molar-refractivity contribution in [2.24, 2.45) is 5.92 Å². The minimum atomic E-state index is 0.862. The zero-order chi connectivity index (χ0) is 7.23. The van der Waals surface area contributed by atoms with Crippen LogP contribution in [0.25, 0.3) is 0 Å². The predicted molar refractivity (Wildman–Crippen MR) is 45.0 cm³/mol. The molecule has 0 aliphatic heterocycles. The Morgan fingerprint density at radius 3 is 3.10 bits per heavy atom. The van der Waals surface area contributed by atoms with Gasteiger partial charge in [0.25, 0.3) is 0 Å². The molecule has 0 radical (unpaired) electrons. The molecule has 0 aromatic heterocycles. The van der Waals surface area contributed by atoms with Gasteiger partial charge in [-0.3, -0.25) is 0 Å². The third-order valence-electron chi connectivity index (χ3n) is 2.12. The van der Waals surface area contributed by atoms with Crippen molar-refractivity contribution in [1.29, 1.82) is 0 Å². The summed E-state index contributed by atoms with van der Waals surface area (Å²) in [5, 5.41) is 3.18. The van der Waals surface area contributed by atoms with Gasteiger partial charge in [0.15, 0.2) is 0 Å². The molecule has 1 unspecified atom stereocenters. The van der Waals surface area contributed by atoms with Crippen molar-refractivity contribution in [3.63, 3.8) is 0 Å². The summed E-state index contributed by atoms with van der Waals surface area (Å²) in [5.74, 6) is 0.862. The maximum atomic E-state index is 3.18. The van der Waals surface area contributed by atoms with Crippen LogP contribution >= 0.6 is 0 Å². The Balaban J connectivity index is 2.13. The molecular weight excluding hydrogens is 122 g/mol. The van der Waals surface area contributed by atoms with E-state index in [1.807, 2.05) is 7.05 Å². The first kappa shape index (κ1) is 7.80. The second kappa shape index (κ2) is 4.51. The second-order valence-electron chi connectivity index (χ2n) is 3.01. The summed E-state index contributed by atoms with van der Waals surface area (Å²) >= 11 is 0. The lowest BCUT2D eigenvalue weighted by Gasteiger charge is -2.15. The van der Waals surface area contributed by atoms with E-state index in [1.54, 1.807) is 0 Å². The predicted octanol–water partition coefficient (Wildman–Crippen LogP) is 1.95. The Bertz CT molecular complexity index is 107.